The smallest absolute Gasteiger partial charge is 0.296 e. The average Bonchev–Trinajstić information content (AvgIpc) is 2.85. The number of nitro benzene ring substituents is 1. The van der Waals surface area contributed by atoms with Gasteiger partial charge in [0.1, 0.15) is 11.4 Å². The van der Waals surface area contributed by atoms with Crippen molar-refractivity contribution in [1.82, 2.24) is 0 Å². The molecule has 5 nitrogen and oxygen atoms in total. The second-order valence-electron chi connectivity index (χ2n) is 4.17. The molecule has 0 amide bonds. The van der Waals surface area contributed by atoms with Crippen LogP contribution in [0.1, 0.15) is 17.8 Å². The van der Waals surface area contributed by atoms with E-state index in [0.29, 0.717) is 11.4 Å². The zero-order valence-electron chi connectivity index (χ0n) is 10.9. The number of hydrogen-bond donors (Lipinski definition) is 1. The van der Waals surface area contributed by atoms with Gasteiger partial charge in [0, 0.05) is 14.7 Å². The molecule has 0 aliphatic carbocycles. The summed E-state index contributed by atoms with van der Waals surface area (Å²) in [5.41, 5.74) is 0.486. The fourth-order valence-electron chi connectivity index (χ4n) is 1.77. The van der Waals surface area contributed by atoms with Crippen LogP contribution in [0.4, 0.5) is 11.4 Å². The third kappa shape index (κ3) is 3.29. The molecular weight excluding hydrogens is 344 g/mol. The number of methoxy groups -OCH3 is 1. The van der Waals surface area contributed by atoms with Crippen LogP contribution in [0.3, 0.4) is 0 Å². The number of nitrogens with one attached hydrogen (secondary N) is 1. The minimum absolute atomic E-state index is 0.00632. The molecule has 0 saturated carbocycles. The molecule has 0 bridgehead atoms. The molecule has 1 aromatic heterocycles. The van der Waals surface area contributed by atoms with E-state index >= 15 is 0 Å². The normalized spacial score (nSPS) is 11.9. The molecule has 1 N–H and O–H groups in total. The first-order valence-corrected chi connectivity index (χ1v) is 7.51. The molecule has 106 valence electrons. The van der Waals surface area contributed by atoms with Gasteiger partial charge in [-0.2, -0.15) is 0 Å². The fourth-order valence-corrected chi connectivity index (χ4v) is 3.22. The van der Waals surface area contributed by atoms with Crippen LogP contribution in [0.5, 0.6) is 5.75 Å². The third-order valence-electron chi connectivity index (χ3n) is 2.79. The highest BCUT2D eigenvalue weighted by Crippen LogP contribution is 2.33. The molecule has 0 fully saturated rings. The van der Waals surface area contributed by atoms with E-state index in [-0.39, 0.29) is 11.7 Å². The lowest BCUT2D eigenvalue weighted by atomic mass is 10.2. The third-order valence-corrected chi connectivity index (χ3v) is 4.66. The summed E-state index contributed by atoms with van der Waals surface area (Å²) in [6.07, 6.45) is 0. The van der Waals surface area contributed by atoms with Gasteiger partial charge in [0.15, 0.2) is 0 Å². The van der Waals surface area contributed by atoms with Gasteiger partial charge in [-0.05, 0) is 41.1 Å². The number of nitrogens with zero attached hydrogens (tertiary/aromatic N) is 1. The summed E-state index contributed by atoms with van der Waals surface area (Å²) in [6, 6.07) is 6.76. The number of rotatable bonds is 5. The standard InChI is InChI=1S/C13H13BrN2O3S/c1-8(13-5-9(14)7-20-13)15-11-4-3-10(19-2)6-12(11)16(17)18/h3-8,15H,1-2H3. The van der Waals surface area contributed by atoms with Crippen molar-refractivity contribution >= 4 is 38.6 Å². The first kappa shape index (κ1) is 14.8. The number of halogens is 1. The summed E-state index contributed by atoms with van der Waals surface area (Å²) in [5, 5.41) is 16.3. The van der Waals surface area contributed by atoms with E-state index in [1.807, 2.05) is 18.4 Å². The molecule has 20 heavy (non-hydrogen) atoms. The first-order valence-electron chi connectivity index (χ1n) is 5.84. The van der Waals surface area contributed by atoms with Gasteiger partial charge in [-0.15, -0.1) is 11.3 Å². The minimum Gasteiger partial charge on any atom is -0.496 e. The Balaban J connectivity index is 2.26. The maximum atomic E-state index is 11.1. The molecule has 2 aromatic rings. The van der Waals surface area contributed by atoms with Gasteiger partial charge in [-0.1, -0.05) is 0 Å². The lowest BCUT2D eigenvalue weighted by Crippen LogP contribution is -2.07. The molecule has 0 saturated heterocycles. The van der Waals surface area contributed by atoms with Gasteiger partial charge in [0.2, 0.25) is 0 Å². The zero-order valence-corrected chi connectivity index (χ0v) is 13.3. The van der Waals surface area contributed by atoms with Crippen LogP contribution in [-0.2, 0) is 0 Å². The van der Waals surface area contributed by atoms with E-state index in [0.717, 1.165) is 9.35 Å². The summed E-state index contributed by atoms with van der Waals surface area (Å²) in [4.78, 5) is 11.8. The van der Waals surface area contributed by atoms with Crippen LogP contribution in [0.15, 0.2) is 34.1 Å². The number of hydrogen-bond acceptors (Lipinski definition) is 5. The van der Waals surface area contributed by atoms with E-state index in [2.05, 4.69) is 21.2 Å². The summed E-state index contributed by atoms with van der Waals surface area (Å²) < 4.78 is 6.03. The number of ether oxygens (including phenoxy) is 1. The van der Waals surface area contributed by atoms with Crippen LogP contribution in [-0.4, -0.2) is 12.0 Å². The number of nitro groups is 1. The maximum absolute atomic E-state index is 11.1. The molecule has 0 aliphatic heterocycles. The Hall–Kier alpha value is -1.60. The summed E-state index contributed by atoms with van der Waals surface area (Å²) in [6.45, 7) is 1.96. The van der Waals surface area contributed by atoms with Gasteiger partial charge in [0.25, 0.3) is 5.69 Å². The largest absolute Gasteiger partial charge is 0.496 e. The molecule has 1 aromatic carbocycles. The maximum Gasteiger partial charge on any atom is 0.296 e. The van der Waals surface area contributed by atoms with Gasteiger partial charge in [-0.25, -0.2) is 0 Å². The van der Waals surface area contributed by atoms with Crippen LogP contribution in [0.25, 0.3) is 0 Å². The van der Waals surface area contributed by atoms with Crippen LogP contribution in [0.2, 0.25) is 0 Å². The molecule has 0 radical (unpaired) electrons. The van der Waals surface area contributed by atoms with E-state index in [9.17, 15) is 10.1 Å². The SMILES string of the molecule is COc1ccc(NC(C)c2cc(Br)cs2)c([N+](=O)[O-])c1. The Kier molecular flexibility index (Phi) is 4.61. The summed E-state index contributed by atoms with van der Waals surface area (Å²) in [7, 11) is 1.48. The van der Waals surface area contributed by atoms with Crippen molar-refractivity contribution in [2.24, 2.45) is 0 Å². The van der Waals surface area contributed by atoms with Crippen LogP contribution >= 0.6 is 27.3 Å². The van der Waals surface area contributed by atoms with E-state index in [4.69, 9.17) is 4.74 Å². The number of benzene rings is 1. The Labute approximate surface area is 128 Å². The Morgan fingerprint density at radius 3 is 2.75 bits per heavy atom. The Morgan fingerprint density at radius 1 is 1.45 bits per heavy atom. The molecule has 7 heteroatoms. The van der Waals surface area contributed by atoms with Gasteiger partial charge in [0.05, 0.1) is 24.1 Å². The first-order chi connectivity index (χ1) is 9.51. The number of anilines is 1. The molecule has 2 rings (SSSR count). The Bertz CT molecular complexity index is 630. The molecular formula is C13H13BrN2O3S. The van der Waals surface area contributed by atoms with Crippen molar-refractivity contribution in [1.29, 1.82) is 0 Å². The molecule has 1 atom stereocenters. The van der Waals surface area contributed by atoms with Crippen molar-refractivity contribution in [3.05, 3.63) is 49.1 Å². The lowest BCUT2D eigenvalue weighted by Gasteiger charge is -2.14. The summed E-state index contributed by atoms with van der Waals surface area (Å²) in [5.74, 6) is 0.466. The molecule has 1 heterocycles. The molecule has 0 aliphatic rings. The second-order valence-corrected chi connectivity index (χ2v) is 6.03. The van der Waals surface area contributed by atoms with E-state index < -0.39 is 4.92 Å². The van der Waals surface area contributed by atoms with Crippen LogP contribution < -0.4 is 10.1 Å². The Morgan fingerprint density at radius 2 is 2.20 bits per heavy atom. The van der Waals surface area contributed by atoms with E-state index in [1.165, 1.54) is 13.2 Å². The predicted octanol–water partition coefficient (Wildman–Crippen LogP) is 4.60. The summed E-state index contributed by atoms with van der Waals surface area (Å²) >= 11 is 5.00. The monoisotopic (exact) mass is 356 g/mol. The average molecular weight is 357 g/mol. The van der Waals surface area contributed by atoms with Crippen molar-refractivity contribution in [2.45, 2.75) is 13.0 Å². The van der Waals surface area contributed by atoms with Crippen molar-refractivity contribution in [3.63, 3.8) is 0 Å². The predicted molar refractivity (Wildman–Crippen MR) is 83.7 cm³/mol. The zero-order chi connectivity index (χ0) is 14.7. The van der Waals surface area contributed by atoms with Gasteiger partial charge >= 0.3 is 0 Å². The number of thiophene rings is 1. The van der Waals surface area contributed by atoms with Crippen molar-refractivity contribution in [3.8, 4) is 5.75 Å². The second kappa shape index (κ2) is 6.23. The lowest BCUT2D eigenvalue weighted by molar-refractivity contribution is -0.384. The molecule has 1 unspecified atom stereocenters. The van der Waals surface area contributed by atoms with Crippen molar-refractivity contribution < 1.29 is 9.66 Å². The van der Waals surface area contributed by atoms with Crippen LogP contribution in [0, 0.1) is 10.1 Å². The molecule has 0 spiro atoms. The highest BCUT2D eigenvalue weighted by molar-refractivity contribution is 9.10. The van der Waals surface area contributed by atoms with E-state index in [1.54, 1.807) is 23.5 Å². The highest BCUT2D eigenvalue weighted by Gasteiger charge is 2.18. The minimum atomic E-state index is -0.415. The fraction of sp³-hybridized carbons (Fsp3) is 0.231. The van der Waals surface area contributed by atoms with Crippen molar-refractivity contribution in [2.75, 3.05) is 12.4 Å². The quantitative estimate of drug-likeness (QED) is 0.627. The van der Waals surface area contributed by atoms with Gasteiger partial charge < -0.3 is 10.1 Å². The topological polar surface area (TPSA) is 64.4 Å². The van der Waals surface area contributed by atoms with Gasteiger partial charge in [-0.3, -0.25) is 10.1 Å². The highest BCUT2D eigenvalue weighted by atomic mass is 79.9.